The number of Topliss-reactive ketones (excluding diaryl/α,β-unsaturated/α-hetero) is 2. The maximum atomic E-state index is 13.2. The maximum absolute atomic E-state index is 13.2. The van der Waals surface area contributed by atoms with Gasteiger partial charge in [-0.3, -0.25) is 38.4 Å². The first-order valence-electron chi connectivity index (χ1n) is 42.2. The second kappa shape index (κ2) is 31.9. The van der Waals surface area contributed by atoms with Gasteiger partial charge in [0.15, 0.2) is 20.4 Å². The van der Waals surface area contributed by atoms with Gasteiger partial charge < -0.3 is 42.6 Å². The molecular weight excluding hydrogens is 1340 g/mol. The fourth-order valence-electron chi connectivity index (χ4n) is 29.1. The van der Waals surface area contributed by atoms with Gasteiger partial charge in [-0.05, 0) is 310 Å². The van der Waals surface area contributed by atoms with Crippen LogP contribution in [0.3, 0.4) is 0 Å². The van der Waals surface area contributed by atoms with Crippen molar-refractivity contribution in [2.75, 3.05) is 27.0 Å². The first-order chi connectivity index (χ1) is 49.2. The molecule has 21 rings (SSSR count). The van der Waals surface area contributed by atoms with Crippen LogP contribution in [0.15, 0.2) is 0 Å². The molecule has 596 valence electrons. The second-order valence-electron chi connectivity index (χ2n) is 38.8. The number of ether oxygens (including phenoxy) is 9. The van der Waals surface area contributed by atoms with Crippen molar-refractivity contribution < 1.29 is 81.0 Å². The molecule has 0 aromatic rings. The molecule has 0 radical (unpaired) electrons. The van der Waals surface area contributed by atoms with Crippen molar-refractivity contribution >= 4 is 47.4 Å². The molecule has 0 aromatic carbocycles. The van der Waals surface area contributed by atoms with E-state index >= 15 is 0 Å². The van der Waals surface area contributed by atoms with Gasteiger partial charge in [-0.25, -0.2) is 0 Å². The minimum absolute atomic E-state index is 0. The summed E-state index contributed by atoms with van der Waals surface area (Å²) in [6, 6.07) is 0. The van der Waals surface area contributed by atoms with Crippen molar-refractivity contribution in [1.29, 1.82) is 0 Å². The zero-order valence-electron chi connectivity index (χ0n) is 62.4. The van der Waals surface area contributed by atoms with E-state index in [1.165, 1.54) is 44.9 Å². The normalized spacial score (nSPS) is 45.9. The zero-order valence-corrected chi connectivity index (χ0v) is 62.4. The second-order valence-corrected chi connectivity index (χ2v) is 38.8. The van der Waals surface area contributed by atoms with Gasteiger partial charge in [0.2, 0.25) is 0 Å². The van der Waals surface area contributed by atoms with Crippen LogP contribution in [0.5, 0.6) is 0 Å². The molecule has 0 saturated heterocycles. The molecule has 0 aromatic heterocycles. The van der Waals surface area contributed by atoms with Crippen molar-refractivity contribution in [3.05, 3.63) is 0 Å². The minimum atomic E-state index is -0.440. The van der Waals surface area contributed by atoms with Crippen LogP contribution in [0.2, 0.25) is 0 Å². The topological polar surface area (TPSA) is 220 Å². The molecule has 21 aliphatic carbocycles. The van der Waals surface area contributed by atoms with Crippen molar-refractivity contribution in [2.24, 2.45) is 195 Å². The number of ketones is 2. The molecule has 36 unspecified atom stereocenters. The van der Waals surface area contributed by atoms with Crippen LogP contribution in [0.4, 0.5) is 0 Å². The van der Waals surface area contributed by atoms with Crippen LogP contribution in [-0.4, -0.2) is 105 Å². The quantitative estimate of drug-likeness (QED) is 0.0323. The standard InChI is InChI=1S/C30H42O6.C29H40O6.C26H40O5.4CH4/c1-4-30(2,3)29(33)36-23-12-16-11-21(23)25-19-9-15(24(16)25)10-20(19)28(32)35-13-34-27-18-6-14-5-17(8-18)26(31)22(27)7-14;1-3-13(2)28(31)35-23-11-16-10-21(23)25-19-8-15(24(16)25)9-20(19)29(32)34-12-33-27-18-5-14-4-17(7-18)26(30)22(27)6-14;1-3-15(2)25(27)31-22-12-18-11-21(22)24-19-9-17(23(18)24)10-20(19)26(28)30-14-29-13-16-7-5-4-6-8-16;;;;/h14-25,27H,4-13H2,1-3H3;13-25,27H,3-12H2,1-2H3;15-24H,3-14H2,1-2H3;4*1H4. The van der Waals surface area contributed by atoms with Gasteiger partial charge in [-0.1, -0.05) is 83.6 Å². The summed E-state index contributed by atoms with van der Waals surface area (Å²) in [4.78, 5) is 102. The lowest BCUT2D eigenvalue weighted by Crippen LogP contribution is -2.55. The van der Waals surface area contributed by atoms with Gasteiger partial charge in [0, 0.05) is 23.7 Å². The van der Waals surface area contributed by atoms with Gasteiger partial charge >= 0.3 is 35.8 Å². The van der Waals surface area contributed by atoms with E-state index in [1.807, 2.05) is 48.5 Å². The molecular formula is C89H138O17. The number of fused-ring (bicyclic) bond motifs is 27. The summed E-state index contributed by atoms with van der Waals surface area (Å²) < 4.78 is 53.1. The summed E-state index contributed by atoms with van der Waals surface area (Å²) in [7, 11) is 0. The molecule has 0 N–H and O–H groups in total. The van der Waals surface area contributed by atoms with E-state index < -0.39 is 5.41 Å². The van der Waals surface area contributed by atoms with Crippen molar-refractivity contribution in [1.82, 2.24) is 0 Å². The monoisotopic (exact) mass is 1480 g/mol. The molecule has 17 nitrogen and oxygen atoms in total. The van der Waals surface area contributed by atoms with E-state index in [1.54, 1.807) is 0 Å². The van der Waals surface area contributed by atoms with Gasteiger partial charge in [-0.2, -0.15) is 0 Å². The molecule has 21 fully saturated rings. The highest BCUT2D eigenvalue weighted by atomic mass is 16.7. The number of carbonyl (C=O) groups is 8. The van der Waals surface area contributed by atoms with Gasteiger partial charge in [-0.15, -0.1) is 0 Å². The number of carbonyl (C=O) groups excluding carboxylic acids is 8. The number of hydrogen-bond donors (Lipinski definition) is 0. The molecule has 0 heterocycles. The Kier molecular flexibility index (Phi) is 24.1. The Morgan fingerprint density at radius 2 is 0.774 bits per heavy atom. The first kappa shape index (κ1) is 80.1. The average Bonchev–Trinajstić information content (AvgIpc) is 1.55. The maximum Gasteiger partial charge on any atom is 0.311 e. The zero-order chi connectivity index (χ0) is 70.5. The third kappa shape index (κ3) is 14.1. The van der Waals surface area contributed by atoms with Gasteiger partial charge in [0.1, 0.15) is 29.9 Å². The molecule has 106 heavy (non-hydrogen) atoms. The predicted octanol–water partition coefficient (Wildman–Crippen LogP) is 16.7. The highest BCUT2D eigenvalue weighted by Gasteiger charge is 2.70. The van der Waals surface area contributed by atoms with E-state index in [0.29, 0.717) is 142 Å². The van der Waals surface area contributed by atoms with Crippen LogP contribution >= 0.6 is 0 Å². The molecule has 36 atom stereocenters. The number of rotatable bonds is 22. The molecule has 21 saturated carbocycles. The SMILES string of the molecule is C.C.C.C.CCC(C)(C)C(=O)OC1CC2CC1C1C3CC(CC3C(=O)OCOC3C4CC5CC(C4)C(=O)C3C5)C21.CCC(C)C(=O)OC1CC2CC1C1C3CC(CC3C(=O)OCOC3C4CC5CC(C4)C(=O)C3C5)C21.CCC(C)C(=O)OC1CC2CC1C1C3CC(CC3C(=O)OCOCC3CCCCC3)C21. The highest BCUT2D eigenvalue weighted by Crippen LogP contribution is 2.73. The van der Waals surface area contributed by atoms with Gasteiger partial charge in [0.25, 0.3) is 0 Å². The lowest BCUT2D eigenvalue weighted by Gasteiger charge is -2.52. The molecule has 0 spiro atoms. The van der Waals surface area contributed by atoms with E-state index in [4.69, 9.17) is 42.6 Å². The summed E-state index contributed by atoms with van der Waals surface area (Å²) >= 11 is 0. The van der Waals surface area contributed by atoms with Crippen molar-refractivity contribution in [2.45, 2.75) is 288 Å². The van der Waals surface area contributed by atoms with Crippen LogP contribution in [0, 0.1) is 195 Å². The van der Waals surface area contributed by atoms with Crippen LogP contribution in [-0.2, 0) is 81.0 Å². The number of hydrogen-bond acceptors (Lipinski definition) is 17. The van der Waals surface area contributed by atoms with Crippen LogP contribution in [0.1, 0.15) is 258 Å². The molecule has 21 aliphatic rings. The van der Waals surface area contributed by atoms with Gasteiger partial charge in [0.05, 0.1) is 53.8 Å². The molecule has 0 aliphatic heterocycles. The summed E-state index contributed by atoms with van der Waals surface area (Å²) in [5.41, 5.74) is -0.440. The summed E-state index contributed by atoms with van der Waals surface area (Å²) in [5.74, 6) is 13.7. The average molecular weight is 1480 g/mol. The number of esters is 6. The van der Waals surface area contributed by atoms with E-state index in [2.05, 4.69) is 0 Å². The Bertz CT molecular complexity index is 3190. The van der Waals surface area contributed by atoms with Crippen molar-refractivity contribution in [3.63, 3.8) is 0 Å². The molecule has 20 bridgehead atoms. The van der Waals surface area contributed by atoms with E-state index in [-0.39, 0.29) is 170 Å². The van der Waals surface area contributed by atoms with Crippen LogP contribution in [0.25, 0.3) is 0 Å². The minimum Gasteiger partial charge on any atom is -0.462 e. The first-order valence-corrected chi connectivity index (χ1v) is 42.2. The Balaban J connectivity index is 0.000000139. The fraction of sp³-hybridized carbons (Fsp3) is 0.910. The highest BCUT2D eigenvalue weighted by molar-refractivity contribution is 5.87. The third-order valence-corrected chi connectivity index (χ3v) is 33.8. The van der Waals surface area contributed by atoms with E-state index in [9.17, 15) is 38.4 Å². The fourth-order valence-corrected chi connectivity index (χ4v) is 29.1. The smallest absolute Gasteiger partial charge is 0.311 e. The Hall–Kier alpha value is -3.96. The van der Waals surface area contributed by atoms with E-state index in [0.717, 1.165) is 147 Å². The predicted molar refractivity (Wildman–Crippen MR) is 398 cm³/mol. The molecule has 17 heteroatoms. The summed E-state index contributed by atoms with van der Waals surface area (Å²) in [6.07, 6.45) is 30.1. The Morgan fingerprint density at radius 1 is 0.406 bits per heavy atom. The van der Waals surface area contributed by atoms with Crippen LogP contribution < -0.4 is 0 Å². The summed E-state index contributed by atoms with van der Waals surface area (Å²) in [6.45, 7) is 14.7. The third-order valence-electron chi connectivity index (χ3n) is 33.8. The Morgan fingerprint density at radius 3 is 1.16 bits per heavy atom. The molecule has 0 amide bonds. The van der Waals surface area contributed by atoms with Crippen molar-refractivity contribution in [3.8, 4) is 0 Å². The lowest BCUT2D eigenvalue weighted by molar-refractivity contribution is -0.194. The Labute approximate surface area is 635 Å². The lowest BCUT2D eigenvalue weighted by atomic mass is 9.54. The largest absolute Gasteiger partial charge is 0.462 e. The summed E-state index contributed by atoms with van der Waals surface area (Å²) in [5, 5.41) is 0.